The summed E-state index contributed by atoms with van der Waals surface area (Å²) in [5.74, 6) is 0. The number of thiazole rings is 1. The zero-order valence-electron chi connectivity index (χ0n) is 8.59. The molecular formula is C11H7BrN4S. The summed E-state index contributed by atoms with van der Waals surface area (Å²) in [6.07, 6.45) is 3.30. The van der Waals surface area contributed by atoms with Gasteiger partial charge in [-0.3, -0.25) is 0 Å². The molecule has 3 aromatic rings. The molecule has 6 heteroatoms. The molecule has 0 amide bonds. The second-order valence-corrected chi connectivity index (χ2v) is 5.24. The Morgan fingerprint density at radius 3 is 2.82 bits per heavy atom. The number of nitrogens with zero attached hydrogens (tertiary/aromatic N) is 3. The molecule has 2 N–H and O–H groups in total. The molecule has 0 fully saturated rings. The van der Waals surface area contributed by atoms with Gasteiger partial charge < -0.3 is 5.73 Å². The number of anilines is 1. The Balaban J connectivity index is 2.24. The van der Waals surface area contributed by atoms with Crippen LogP contribution in [-0.4, -0.2) is 15.0 Å². The molecular weight excluding hydrogens is 300 g/mol. The molecule has 3 rings (SSSR count). The van der Waals surface area contributed by atoms with E-state index in [9.17, 15) is 0 Å². The first kappa shape index (κ1) is 10.6. The second kappa shape index (κ2) is 4.05. The number of hydrogen-bond acceptors (Lipinski definition) is 5. The van der Waals surface area contributed by atoms with Crippen LogP contribution in [0.15, 0.2) is 35.1 Å². The van der Waals surface area contributed by atoms with Gasteiger partial charge in [0, 0.05) is 22.4 Å². The molecule has 0 saturated carbocycles. The number of para-hydroxylation sites is 1. The minimum Gasteiger partial charge on any atom is -0.397 e. The van der Waals surface area contributed by atoms with Crippen LogP contribution in [0.2, 0.25) is 0 Å². The highest BCUT2D eigenvalue weighted by molar-refractivity contribution is 9.10. The summed E-state index contributed by atoms with van der Waals surface area (Å²) in [5.41, 5.74) is 8.27. The molecule has 84 valence electrons. The van der Waals surface area contributed by atoms with Gasteiger partial charge in [0.15, 0.2) is 10.5 Å². The van der Waals surface area contributed by atoms with Crippen LogP contribution in [-0.2, 0) is 0 Å². The summed E-state index contributed by atoms with van der Waals surface area (Å²) >= 11 is 4.90. The molecule has 0 atom stereocenters. The maximum Gasteiger partial charge on any atom is 0.190 e. The fraction of sp³-hybridized carbons (Fsp3) is 0. The van der Waals surface area contributed by atoms with Crippen molar-refractivity contribution in [1.82, 2.24) is 15.0 Å². The molecule has 2 aromatic heterocycles. The van der Waals surface area contributed by atoms with Crippen LogP contribution in [0.3, 0.4) is 0 Å². The highest BCUT2D eigenvalue weighted by atomic mass is 79.9. The molecule has 0 saturated heterocycles. The van der Waals surface area contributed by atoms with E-state index in [1.165, 1.54) is 11.3 Å². The number of fused-ring (bicyclic) bond motifs is 1. The molecule has 0 unspecified atom stereocenters. The van der Waals surface area contributed by atoms with E-state index in [4.69, 9.17) is 5.73 Å². The number of aromatic nitrogens is 3. The molecule has 0 bridgehead atoms. The SMILES string of the molecule is Nc1c(Br)cccc1-c1nc2nccnc2s1. The summed E-state index contributed by atoms with van der Waals surface area (Å²) in [6.45, 7) is 0. The molecule has 2 heterocycles. The van der Waals surface area contributed by atoms with E-state index >= 15 is 0 Å². The molecule has 0 aliphatic heterocycles. The molecule has 17 heavy (non-hydrogen) atoms. The third-order valence-electron chi connectivity index (χ3n) is 2.33. The number of halogens is 1. The highest BCUT2D eigenvalue weighted by Crippen LogP contribution is 2.35. The van der Waals surface area contributed by atoms with Crippen molar-refractivity contribution in [3.8, 4) is 10.6 Å². The Hall–Kier alpha value is -1.53. The quantitative estimate of drug-likeness (QED) is 0.702. The van der Waals surface area contributed by atoms with Gasteiger partial charge in [-0.05, 0) is 28.1 Å². The van der Waals surface area contributed by atoms with E-state index < -0.39 is 0 Å². The average molecular weight is 307 g/mol. The topological polar surface area (TPSA) is 64.7 Å². The largest absolute Gasteiger partial charge is 0.397 e. The van der Waals surface area contributed by atoms with Crippen LogP contribution in [0.4, 0.5) is 5.69 Å². The number of benzene rings is 1. The van der Waals surface area contributed by atoms with E-state index in [0.29, 0.717) is 11.3 Å². The third-order valence-corrected chi connectivity index (χ3v) is 4.01. The fourth-order valence-electron chi connectivity index (χ4n) is 1.52. The lowest BCUT2D eigenvalue weighted by molar-refractivity contribution is 1.26. The lowest BCUT2D eigenvalue weighted by atomic mass is 10.2. The van der Waals surface area contributed by atoms with Gasteiger partial charge >= 0.3 is 0 Å². The lowest BCUT2D eigenvalue weighted by Gasteiger charge is -2.02. The smallest absolute Gasteiger partial charge is 0.190 e. The van der Waals surface area contributed by atoms with Gasteiger partial charge in [0.05, 0.1) is 5.69 Å². The molecule has 0 spiro atoms. The summed E-state index contributed by atoms with van der Waals surface area (Å²) in [6, 6.07) is 5.78. The van der Waals surface area contributed by atoms with Gasteiger partial charge in [0.25, 0.3) is 0 Å². The summed E-state index contributed by atoms with van der Waals surface area (Å²) in [7, 11) is 0. The van der Waals surface area contributed by atoms with Crippen LogP contribution in [0.25, 0.3) is 21.0 Å². The van der Waals surface area contributed by atoms with Crippen molar-refractivity contribution in [2.24, 2.45) is 0 Å². The first-order valence-corrected chi connectivity index (χ1v) is 6.48. The van der Waals surface area contributed by atoms with Crippen LogP contribution in [0, 0.1) is 0 Å². The van der Waals surface area contributed by atoms with Gasteiger partial charge in [0.1, 0.15) is 5.01 Å². The number of hydrogen-bond donors (Lipinski definition) is 1. The monoisotopic (exact) mass is 306 g/mol. The van der Waals surface area contributed by atoms with Crippen molar-refractivity contribution < 1.29 is 0 Å². The van der Waals surface area contributed by atoms with E-state index in [1.807, 2.05) is 18.2 Å². The fourth-order valence-corrected chi connectivity index (χ4v) is 2.79. The van der Waals surface area contributed by atoms with Gasteiger partial charge in [-0.15, -0.1) is 0 Å². The maximum atomic E-state index is 6.02. The summed E-state index contributed by atoms with van der Waals surface area (Å²) in [5, 5.41) is 0.838. The lowest BCUT2D eigenvalue weighted by Crippen LogP contribution is -1.90. The summed E-state index contributed by atoms with van der Waals surface area (Å²) in [4.78, 5) is 13.6. The van der Waals surface area contributed by atoms with Crippen molar-refractivity contribution in [3.63, 3.8) is 0 Å². The molecule has 0 aliphatic carbocycles. The first-order chi connectivity index (χ1) is 8.25. The number of nitrogen functional groups attached to an aromatic ring is 1. The van der Waals surface area contributed by atoms with Gasteiger partial charge in [-0.25, -0.2) is 15.0 Å². The molecule has 0 radical (unpaired) electrons. The zero-order chi connectivity index (χ0) is 11.8. The Kier molecular flexibility index (Phi) is 2.53. The normalized spacial score (nSPS) is 10.9. The maximum absolute atomic E-state index is 6.02. The number of rotatable bonds is 1. The van der Waals surface area contributed by atoms with Gasteiger partial charge in [-0.2, -0.15) is 0 Å². The van der Waals surface area contributed by atoms with Crippen molar-refractivity contribution in [2.45, 2.75) is 0 Å². The average Bonchev–Trinajstić information content (AvgIpc) is 2.76. The highest BCUT2D eigenvalue weighted by Gasteiger charge is 2.11. The Morgan fingerprint density at radius 1 is 1.18 bits per heavy atom. The van der Waals surface area contributed by atoms with Crippen molar-refractivity contribution >= 4 is 43.4 Å². The molecule has 1 aromatic carbocycles. The first-order valence-electron chi connectivity index (χ1n) is 4.87. The number of nitrogens with two attached hydrogens (primary N) is 1. The van der Waals surface area contributed by atoms with Crippen molar-refractivity contribution in [3.05, 3.63) is 35.1 Å². The Labute approximate surface area is 110 Å². The summed E-state index contributed by atoms with van der Waals surface area (Å²) < 4.78 is 0.871. The zero-order valence-corrected chi connectivity index (χ0v) is 11.0. The van der Waals surface area contributed by atoms with Gasteiger partial charge in [0.2, 0.25) is 0 Å². The minimum atomic E-state index is 0.659. The van der Waals surface area contributed by atoms with E-state index in [1.54, 1.807) is 12.4 Å². The van der Waals surface area contributed by atoms with Crippen LogP contribution < -0.4 is 5.73 Å². The predicted molar refractivity (Wildman–Crippen MR) is 72.8 cm³/mol. The van der Waals surface area contributed by atoms with Crippen LogP contribution in [0.1, 0.15) is 0 Å². The Bertz CT molecular complexity index is 662. The van der Waals surface area contributed by atoms with E-state index in [2.05, 4.69) is 30.9 Å². The standard InChI is InChI=1S/C11H7BrN4S/c12-7-3-1-2-6(8(7)13)10-16-9-11(17-10)15-5-4-14-9/h1-5H,13H2. The van der Waals surface area contributed by atoms with Crippen molar-refractivity contribution in [1.29, 1.82) is 0 Å². The minimum absolute atomic E-state index is 0.659. The van der Waals surface area contributed by atoms with Crippen LogP contribution >= 0.6 is 27.3 Å². The Morgan fingerprint density at radius 2 is 2.00 bits per heavy atom. The van der Waals surface area contributed by atoms with Crippen molar-refractivity contribution in [2.75, 3.05) is 5.73 Å². The molecule has 4 nitrogen and oxygen atoms in total. The van der Waals surface area contributed by atoms with Crippen LogP contribution in [0.5, 0.6) is 0 Å². The van der Waals surface area contributed by atoms with Gasteiger partial charge in [-0.1, -0.05) is 17.4 Å². The molecule has 0 aliphatic rings. The van der Waals surface area contributed by atoms with E-state index in [-0.39, 0.29) is 0 Å². The predicted octanol–water partition coefficient (Wildman–Crippen LogP) is 3.10. The second-order valence-electron chi connectivity index (χ2n) is 3.41. The third kappa shape index (κ3) is 1.79. The van der Waals surface area contributed by atoms with E-state index in [0.717, 1.165) is 19.9 Å².